The van der Waals surface area contributed by atoms with Gasteiger partial charge < -0.3 is 15.0 Å². The summed E-state index contributed by atoms with van der Waals surface area (Å²) in [7, 11) is 4.10. The molecule has 0 saturated carbocycles. The second kappa shape index (κ2) is 5.93. The van der Waals surface area contributed by atoms with Crippen LogP contribution in [-0.4, -0.2) is 47.7 Å². The van der Waals surface area contributed by atoms with Gasteiger partial charge in [0.25, 0.3) is 0 Å². The fourth-order valence-corrected chi connectivity index (χ4v) is 2.30. The lowest BCUT2D eigenvalue weighted by Crippen LogP contribution is -2.43. The number of hydrogen-bond acceptors (Lipinski definition) is 6. The number of aromatic nitrogens is 2. The number of fused-ring (bicyclic) bond motifs is 1. The molecule has 0 fully saturated rings. The first-order valence-corrected chi connectivity index (χ1v) is 7.61. The van der Waals surface area contributed by atoms with Crippen molar-refractivity contribution >= 4 is 27.5 Å². The fraction of sp³-hybridized carbons (Fsp3) is 0.571. The molecule has 0 saturated heterocycles. The van der Waals surface area contributed by atoms with E-state index >= 15 is 0 Å². The molecule has 0 unspecified atom stereocenters. The predicted molar refractivity (Wildman–Crippen MR) is 84.8 cm³/mol. The maximum absolute atomic E-state index is 5.96. The van der Waals surface area contributed by atoms with Crippen molar-refractivity contribution in [3.63, 3.8) is 0 Å². The number of thiophene rings is 1. The summed E-state index contributed by atoms with van der Waals surface area (Å²) >= 11 is 1.60. The SMILES string of the molecule is CCNc1nc(OCC(C)(C)N(C)C)c2ccsc2n1. The zero-order chi connectivity index (χ0) is 14.8. The molecule has 1 N–H and O–H groups in total. The van der Waals surface area contributed by atoms with Gasteiger partial charge in [0.1, 0.15) is 11.4 Å². The van der Waals surface area contributed by atoms with Crippen molar-refractivity contribution < 1.29 is 4.74 Å². The Labute approximate surface area is 124 Å². The van der Waals surface area contributed by atoms with Crippen molar-refractivity contribution in [2.24, 2.45) is 0 Å². The summed E-state index contributed by atoms with van der Waals surface area (Å²) in [5.74, 6) is 1.28. The fourth-order valence-electron chi connectivity index (χ4n) is 1.55. The molecule has 0 radical (unpaired) electrons. The van der Waals surface area contributed by atoms with Gasteiger partial charge in [-0.1, -0.05) is 0 Å². The first-order chi connectivity index (χ1) is 9.44. The van der Waals surface area contributed by atoms with Gasteiger partial charge in [0.05, 0.1) is 5.39 Å². The van der Waals surface area contributed by atoms with E-state index in [-0.39, 0.29) is 5.54 Å². The van der Waals surface area contributed by atoms with Gasteiger partial charge >= 0.3 is 0 Å². The summed E-state index contributed by atoms with van der Waals surface area (Å²) in [6.07, 6.45) is 0. The van der Waals surface area contributed by atoms with E-state index in [0.717, 1.165) is 16.8 Å². The highest BCUT2D eigenvalue weighted by Gasteiger charge is 2.22. The molecule has 110 valence electrons. The molecule has 2 heterocycles. The van der Waals surface area contributed by atoms with Crippen LogP contribution in [-0.2, 0) is 0 Å². The summed E-state index contributed by atoms with van der Waals surface area (Å²) < 4.78 is 5.96. The van der Waals surface area contributed by atoms with Crippen LogP contribution in [0.5, 0.6) is 5.88 Å². The number of rotatable bonds is 6. The van der Waals surface area contributed by atoms with Gasteiger partial charge in [-0.15, -0.1) is 11.3 Å². The normalized spacial score (nSPS) is 12.1. The van der Waals surface area contributed by atoms with E-state index in [9.17, 15) is 0 Å². The second-order valence-corrected chi connectivity index (χ2v) is 6.41. The Morgan fingerprint density at radius 2 is 2.10 bits per heavy atom. The molecule has 0 spiro atoms. The topological polar surface area (TPSA) is 50.3 Å². The molecule has 20 heavy (non-hydrogen) atoms. The molecule has 2 aromatic rings. The van der Waals surface area contributed by atoms with Gasteiger partial charge in [-0.05, 0) is 46.3 Å². The average Bonchev–Trinajstić information content (AvgIpc) is 2.84. The van der Waals surface area contributed by atoms with E-state index in [0.29, 0.717) is 18.4 Å². The Hall–Kier alpha value is -1.40. The van der Waals surface area contributed by atoms with Crippen molar-refractivity contribution in [3.05, 3.63) is 11.4 Å². The van der Waals surface area contributed by atoms with E-state index in [1.54, 1.807) is 11.3 Å². The van der Waals surface area contributed by atoms with Crippen molar-refractivity contribution in [2.75, 3.05) is 32.6 Å². The Kier molecular flexibility index (Phi) is 4.45. The summed E-state index contributed by atoms with van der Waals surface area (Å²) in [6.45, 7) is 7.68. The predicted octanol–water partition coefficient (Wildman–Crippen LogP) is 2.84. The number of anilines is 1. The highest BCUT2D eigenvalue weighted by Crippen LogP contribution is 2.28. The smallest absolute Gasteiger partial charge is 0.227 e. The molecule has 0 aliphatic heterocycles. The summed E-state index contributed by atoms with van der Waals surface area (Å²) in [5.41, 5.74) is -0.0500. The standard InChI is InChI=1S/C14H22N4OS/c1-6-15-13-16-11(10-7-8-20-12(10)17-13)19-9-14(2,3)18(4)5/h7-8H,6,9H2,1-5H3,(H,15,16,17). The molecule has 2 aromatic heterocycles. The lowest BCUT2D eigenvalue weighted by molar-refractivity contribution is 0.112. The minimum Gasteiger partial charge on any atom is -0.475 e. The minimum atomic E-state index is -0.0500. The van der Waals surface area contributed by atoms with Crippen LogP contribution >= 0.6 is 11.3 Å². The molecular weight excluding hydrogens is 272 g/mol. The van der Waals surface area contributed by atoms with Crippen molar-refractivity contribution in [1.82, 2.24) is 14.9 Å². The average molecular weight is 294 g/mol. The Morgan fingerprint density at radius 1 is 1.35 bits per heavy atom. The van der Waals surface area contributed by atoms with E-state index in [1.165, 1.54) is 0 Å². The zero-order valence-corrected chi connectivity index (χ0v) is 13.5. The van der Waals surface area contributed by atoms with Gasteiger partial charge in [-0.2, -0.15) is 4.98 Å². The van der Waals surface area contributed by atoms with Crippen LogP contribution in [0.15, 0.2) is 11.4 Å². The molecule has 2 rings (SSSR count). The van der Waals surface area contributed by atoms with Gasteiger partial charge in [0.15, 0.2) is 0 Å². The Bertz CT molecular complexity index is 580. The van der Waals surface area contributed by atoms with Gasteiger partial charge in [-0.3, -0.25) is 0 Å². The van der Waals surface area contributed by atoms with Crippen LogP contribution < -0.4 is 10.1 Å². The number of likely N-dealkylation sites (N-methyl/N-ethyl adjacent to an activating group) is 1. The first-order valence-electron chi connectivity index (χ1n) is 6.73. The third kappa shape index (κ3) is 3.19. The molecular formula is C14H22N4OS. The van der Waals surface area contributed by atoms with Crippen LogP contribution in [0.25, 0.3) is 10.2 Å². The lowest BCUT2D eigenvalue weighted by Gasteiger charge is -2.32. The minimum absolute atomic E-state index is 0.0500. The molecule has 0 aliphatic carbocycles. The summed E-state index contributed by atoms with van der Waals surface area (Å²) in [6, 6.07) is 2.01. The van der Waals surface area contributed by atoms with Crippen LogP contribution in [0.3, 0.4) is 0 Å². The summed E-state index contributed by atoms with van der Waals surface area (Å²) in [4.78, 5) is 12.0. The second-order valence-electron chi connectivity index (χ2n) is 5.52. The number of nitrogens with zero attached hydrogens (tertiary/aromatic N) is 3. The van der Waals surface area contributed by atoms with Crippen molar-refractivity contribution in [1.29, 1.82) is 0 Å². The lowest BCUT2D eigenvalue weighted by atomic mass is 10.1. The maximum atomic E-state index is 5.96. The van der Waals surface area contributed by atoms with E-state index < -0.39 is 0 Å². The van der Waals surface area contributed by atoms with Crippen LogP contribution in [0.1, 0.15) is 20.8 Å². The molecule has 0 bridgehead atoms. The quantitative estimate of drug-likeness (QED) is 0.888. The highest BCUT2D eigenvalue weighted by atomic mass is 32.1. The molecule has 0 atom stereocenters. The molecule has 6 heteroatoms. The van der Waals surface area contributed by atoms with Crippen molar-refractivity contribution in [2.45, 2.75) is 26.3 Å². The van der Waals surface area contributed by atoms with E-state index in [4.69, 9.17) is 4.74 Å². The monoisotopic (exact) mass is 294 g/mol. The maximum Gasteiger partial charge on any atom is 0.227 e. The van der Waals surface area contributed by atoms with Gasteiger partial charge in [0.2, 0.25) is 11.8 Å². The van der Waals surface area contributed by atoms with E-state index in [2.05, 4.69) is 34.0 Å². The van der Waals surface area contributed by atoms with E-state index in [1.807, 2.05) is 32.5 Å². The molecule has 5 nitrogen and oxygen atoms in total. The number of ether oxygens (including phenoxy) is 1. The molecule has 0 amide bonds. The van der Waals surface area contributed by atoms with Crippen LogP contribution in [0.2, 0.25) is 0 Å². The van der Waals surface area contributed by atoms with Crippen molar-refractivity contribution in [3.8, 4) is 5.88 Å². The molecule has 0 aromatic carbocycles. The highest BCUT2D eigenvalue weighted by molar-refractivity contribution is 7.16. The summed E-state index contributed by atoms with van der Waals surface area (Å²) in [5, 5.41) is 6.13. The third-order valence-electron chi connectivity index (χ3n) is 3.40. The van der Waals surface area contributed by atoms with Crippen LogP contribution in [0, 0.1) is 0 Å². The van der Waals surface area contributed by atoms with Gasteiger partial charge in [0, 0.05) is 12.1 Å². The van der Waals surface area contributed by atoms with Crippen LogP contribution in [0.4, 0.5) is 5.95 Å². The first kappa shape index (κ1) is 15.0. The molecule has 0 aliphatic rings. The zero-order valence-electron chi connectivity index (χ0n) is 12.7. The Morgan fingerprint density at radius 3 is 2.75 bits per heavy atom. The largest absolute Gasteiger partial charge is 0.475 e. The third-order valence-corrected chi connectivity index (χ3v) is 4.20. The number of hydrogen-bond donors (Lipinski definition) is 1. The number of nitrogens with one attached hydrogen (secondary N) is 1. The van der Waals surface area contributed by atoms with Gasteiger partial charge in [-0.25, -0.2) is 4.98 Å². The Balaban J connectivity index is 2.26.